The van der Waals surface area contributed by atoms with E-state index in [9.17, 15) is 0 Å². The summed E-state index contributed by atoms with van der Waals surface area (Å²) < 4.78 is 11.4. The second-order valence-corrected chi connectivity index (χ2v) is 9.95. The van der Waals surface area contributed by atoms with Crippen LogP contribution in [0.4, 0.5) is 5.69 Å². The van der Waals surface area contributed by atoms with Crippen LogP contribution in [0.2, 0.25) is 0 Å². The fraction of sp³-hybridized carbons (Fsp3) is 0.452. The van der Waals surface area contributed by atoms with Crippen molar-refractivity contribution in [2.45, 2.75) is 70.8 Å². The highest BCUT2D eigenvalue weighted by Gasteiger charge is 2.16. The maximum Gasteiger partial charge on any atom is 0.176 e. The second kappa shape index (κ2) is 12.3. The maximum atomic E-state index is 5.97. The van der Waals surface area contributed by atoms with E-state index in [4.69, 9.17) is 14.1 Å². The van der Waals surface area contributed by atoms with Gasteiger partial charge in [-0.1, -0.05) is 56.0 Å². The van der Waals surface area contributed by atoms with Gasteiger partial charge in [0.25, 0.3) is 0 Å². The van der Waals surface area contributed by atoms with E-state index in [0.29, 0.717) is 0 Å². The molecule has 2 heterocycles. The third-order valence-corrected chi connectivity index (χ3v) is 7.33. The third kappa shape index (κ3) is 5.84. The molecule has 0 aliphatic heterocycles. The number of methoxy groups -OCH3 is 1. The molecule has 0 saturated heterocycles. The van der Waals surface area contributed by atoms with Gasteiger partial charge in [0.15, 0.2) is 11.3 Å². The lowest BCUT2D eigenvalue weighted by atomic mass is 10.0. The average molecular weight is 486 g/mol. The van der Waals surface area contributed by atoms with Gasteiger partial charge < -0.3 is 19.8 Å². The Labute approximate surface area is 214 Å². The van der Waals surface area contributed by atoms with E-state index in [1.165, 1.54) is 73.7 Å². The minimum Gasteiger partial charge on any atom is -0.493 e. The topological polar surface area (TPSA) is 59.3 Å². The minimum absolute atomic E-state index is 0.756. The van der Waals surface area contributed by atoms with Gasteiger partial charge in [-0.05, 0) is 68.8 Å². The minimum atomic E-state index is 0.756. The van der Waals surface area contributed by atoms with Crippen molar-refractivity contribution in [2.75, 3.05) is 25.5 Å². The van der Waals surface area contributed by atoms with Crippen molar-refractivity contribution in [3.8, 4) is 5.75 Å². The van der Waals surface area contributed by atoms with E-state index >= 15 is 0 Å². The number of furan rings is 1. The fourth-order valence-corrected chi connectivity index (χ4v) is 5.42. The standard InChI is InChI=1S/C31H39N3O2/c1-35-29-18-12-13-23-21-24(36-31(23)29)22-32-19-10-3-2-4-11-20-33-30-25-14-6-5-7-16-27(25)34-28-17-9-8-15-26(28)30/h8-9,12-13,15,17-18,21,32H,2-7,10-11,14,16,19-20,22H2,1H3,(H,33,34). The summed E-state index contributed by atoms with van der Waals surface area (Å²) in [5, 5.41) is 9.72. The summed E-state index contributed by atoms with van der Waals surface area (Å²) >= 11 is 0. The van der Waals surface area contributed by atoms with Crippen molar-refractivity contribution in [3.05, 3.63) is 65.5 Å². The lowest BCUT2D eigenvalue weighted by Crippen LogP contribution is -2.14. The molecule has 0 unspecified atom stereocenters. The molecule has 4 aromatic rings. The van der Waals surface area contributed by atoms with Gasteiger partial charge in [0.1, 0.15) is 5.76 Å². The molecule has 0 saturated carbocycles. The van der Waals surface area contributed by atoms with Crippen molar-refractivity contribution in [3.63, 3.8) is 0 Å². The normalized spacial score (nSPS) is 13.6. The van der Waals surface area contributed by atoms with Gasteiger partial charge in [-0.3, -0.25) is 4.98 Å². The van der Waals surface area contributed by atoms with E-state index in [2.05, 4.69) is 47.0 Å². The summed E-state index contributed by atoms with van der Waals surface area (Å²) in [7, 11) is 1.68. The van der Waals surface area contributed by atoms with Crippen LogP contribution in [0.15, 0.2) is 52.9 Å². The number of rotatable bonds is 12. The molecule has 2 aromatic carbocycles. The first-order valence-electron chi connectivity index (χ1n) is 13.7. The molecular weight excluding hydrogens is 446 g/mol. The molecule has 0 spiro atoms. The number of hydrogen-bond donors (Lipinski definition) is 2. The first-order chi connectivity index (χ1) is 17.8. The molecule has 0 amide bonds. The fourth-order valence-electron chi connectivity index (χ4n) is 5.42. The molecule has 2 N–H and O–H groups in total. The zero-order valence-corrected chi connectivity index (χ0v) is 21.6. The summed E-state index contributed by atoms with van der Waals surface area (Å²) in [4.78, 5) is 5.01. The molecule has 5 nitrogen and oxygen atoms in total. The number of benzene rings is 2. The summed E-state index contributed by atoms with van der Waals surface area (Å²) in [6, 6.07) is 16.7. The lowest BCUT2D eigenvalue weighted by Gasteiger charge is -2.17. The number of nitrogens with one attached hydrogen (secondary N) is 2. The predicted molar refractivity (Wildman–Crippen MR) is 149 cm³/mol. The van der Waals surface area contributed by atoms with Gasteiger partial charge in [0.2, 0.25) is 0 Å². The van der Waals surface area contributed by atoms with Crippen LogP contribution in [0.3, 0.4) is 0 Å². The molecule has 190 valence electrons. The van der Waals surface area contributed by atoms with E-state index in [1.54, 1.807) is 7.11 Å². The van der Waals surface area contributed by atoms with E-state index in [0.717, 1.165) is 60.5 Å². The SMILES string of the molecule is COc1cccc2cc(CNCCCCCCCNc3c4c(nc5ccccc35)CCCCC4)oc12. The Hall–Kier alpha value is -3.05. The third-order valence-electron chi connectivity index (χ3n) is 7.33. The van der Waals surface area contributed by atoms with Crippen LogP contribution in [0, 0.1) is 0 Å². The Morgan fingerprint density at radius 2 is 1.72 bits per heavy atom. The van der Waals surface area contributed by atoms with Crippen LogP contribution in [-0.2, 0) is 19.4 Å². The zero-order chi connectivity index (χ0) is 24.6. The first-order valence-corrected chi connectivity index (χ1v) is 13.7. The maximum absolute atomic E-state index is 5.97. The number of ether oxygens (including phenoxy) is 1. The lowest BCUT2D eigenvalue weighted by molar-refractivity contribution is 0.406. The Balaban J connectivity index is 1.02. The molecule has 1 aliphatic rings. The van der Waals surface area contributed by atoms with E-state index in [-0.39, 0.29) is 0 Å². The molecule has 0 bridgehead atoms. The van der Waals surface area contributed by atoms with Crippen LogP contribution in [-0.4, -0.2) is 25.2 Å². The van der Waals surface area contributed by atoms with Crippen molar-refractivity contribution in [1.29, 1.82) is 0 Å². The quantitative estimate of drug-likeness (QED) is 0.162. The number of anilines is 1. The summed E-state index contributed by atoms with van der Waals surface area (Å²) in [6.07, 6.45) is 12.3. The smallest absolute Gasteiger partial charge is 0.176 e. The predicted octanol–water partition coefficient (Wildman–Crippen LogP) is 7.41. The van der Waals surface area contributed by atoms with Gasteiger partial charge in [-0.2, -0.15) is 0 Å². The van der Waals surface area contributed by atoms with Crippen LogP contribution >= 0.6 is 0 Å². The van der Waals surface area contributed by atoms with E-state index in [1.807, 2.05) is 12.1 Å². The molecule has 2 aromatic heterocycles. The van der Waals surface area contributed by atoms with Gasteiger partial charge in [0.05, 0.1) is 19.2 Å². The molecular formula is C31H39N3O2. The number of unbranched alkanes of at least 4 members (excludes halogenated alkanes) is 4. The molecule has 0 atom stereocenters. The van der Waals surface area contributed by atoms with E-state index < -0.39 is 0 Å². The zero-order valence-electron chi connectivity index (χ0n) is 21.6. The largest absolute Gasteiger partial charge is 0.493 e. The number of pyridine rings is 1. The van der Waals surface area contributed by atoms with Crippen LogP contribution < -0.4 is 15.4 Å². The van der Waals surface area contributed by atoms with Crippen molar-refractivity contribution >= 4 is 27.6 Å². The van der Waals surface area contributed by atoms with Gasteiger partial charge in [0, 0.05) is 28.7 Å². The highest BCUT2D eigenvalue weighted by molar-refractivity contribution is 5.93. The van der Waals surface area contributed by atoms with Crippen LogP contribution in [0.1, 0.15) is 68.4 Å². The number of aromatic nitrogens is 1. The monoisotopic (exact) mass is 485 g/mol. The molecule has 0 fully saturated rings. The summed E-state index contributed by atoms with van der Waals surface area (Å²) in [6.45, 7) is 2.81. The van der Waals surface area contributed by atoms with Crippen molar-refractivity contribution in [2.24, 2.45) is 0 Å². The highest BCUT2D eigenvalue weighted by Crippen LogP contribution is 2.33. The van der Waals surface area contributed by atoms with Crippen molar-refractivity contribution in [1.82, 2.24) is 10.3 Å². The van der Waals surface area contributed by atoms with Crippen LogP contribution in [0.5, 0.6) is 5.75 Å². The number of nitrogens with zero attached hydrogens (tertiary/aromatic N) is 1. The number of hydrogen-bond acceptors (Lipinski definition) is 5. The molecule has 5 rings (SSSR count). The Morgan fingerprint density at radius 1 is 0.889 bits per heavy atom. The number of aryl methyl sites for hydroxylation is 1. The summed E-state index contributed by atoms with van der Waals surface area (Å²) in [5.74, 6) is 1.75. The van der Waals surface area contributed by atoms with Gasteiger partial charge >= 0.3 is 0 Å². The van der Waals surface area contributed by atoms with Crippen LogP contribution in [0.25, 0.3) is 21.9 Å². The molecule has 1 aliphatic carbocycles. The Morgan fingerprint density at radius 3 is 2.64 bits per heavy atom. The van der Waals surface area contributed by atoms with Gasteiger partial charge in [-0.15, -0.1) is 0 Å². The van der Waals surface area contributed by atoms with Crippen molar-refractivity contribution < 1.29 is 9.15 Å². The summed E-state index contributed by atoms with van der Waals surface area (Å²) in [5.41, 5.74) is 6.12. The highest BCUT2D eigenvalue weighted by atomic mass is 16.5. The average Bonchev–Trinajstić information content (AvgIpc) is 3.19. The molecule has 0 radical (unpaired) electrons. The molecule has 5 heteroatoms. The number of fused-ring (bicyclic) bond motifs is 3. The molecule has 36 heavy (non-hydrogen) atoms. The second-order valence-electron chi connectivity index (χ2n) is 9.95. The Bertz CT molecular complexity index is 1280. The van der Waals surface area contributed by atoms with Gasteiger partial charge in [-0.25, -0.2) is 0 Å². The number of para-hydroxylation sites is 2. The Kier molecular flexibility index (Phi) is 8.39. The first kappa shape index (κ1) is 24.6.